The molecule has 1 atom stereocenters. The van der Waals surface area contributed by atoms with Crippen LogP contribution in [-0.4, -0.2) is 60.5 Å². The minimum atomic E-state index is -0.307. The van der Waals surface area contributed by atoms with E-state index in [2.05, 4.69) is 35.9 Å². The van der Waals surface area contributed by atoms with E-state index < -0.39 is 0 Å². The number of carbonyl (C=O) groups excluding carboxylic acids is 1. The van der Waals surface area contributed by atoms with Gasteiger partial charge in [-0.1, -0.05) is 13.8 Å². The lowest BCUT2D eigenvalue weighted by Crippen LogP contribution is -2.61. The van der Waals surface area contributed by atoms with Crippen molar-refractivity contribution >= 4 is 5.91 Å². The second-order valence-electron chi connectivity index (χ2n) is 6.70. The minimum absolute atomic E-state index is 0.307. The normalized spacial score (nSPS) is 29.8. The standard InChI is InChI=1S/C15H29N3O/c1-13(2)12-17-8-10-18(11-9-17)14(19)15(3)6-4-5-7-16-15/h13,16H,4-12H2,1-3H3. The van der Waals surface area contributed by atoms with Gasteiger partial charge in [0.1, 0.15) is 0 Å². The van der Waals surface area contributed by atoms with E-state index in [0.29, 0.717) is 11.8 Å². The lowest BCUT2D eigenvalue weighted by molar-refractivity contribution is -0.140. The van der Waals surface area contributed by atoms with Gasteiger partial charge in [0.15, 0.2) is 0 Å². The van der Waals surface area contributed by atoms with E-state index in [1.165, 1.54) is 12.8 Å². The van der Waals surface area contributed by atoms with Gasteiger partial charge in [-0.05, 0) is 38.6 Å². The number of carbonyl (C=O) groups is 1. The summed E-state index contributed by atoms with van der Waals surface area (Å²) in [5.74, 6) is 1.02. The van der Waals surface area contributed by atoms with Gasteiger partial charge in [-0.2, -0.15) is 0 Å². The molecule has 4 nitrogen and oxygen atoms in total. The zero-order valence-corrected chi connectivity index (χ0v) is 12.7. The van der Waals surface area contributed by atoms with Crippen molar-refractivity contribution in [1.29, 1.82) is 0 Å². The second kappa shape index (κ2) is 6.23. The molecule has 1 unspecified atom stereocenters. The highest BCUT2D eigenvalue weighted by molar-refractivity contribution is 5.86. The number of amides is 1. The van der Waals surface area contributed by atoms with Crippen molar-refractivity contribution < 1.29 is 4.79 Å². The maximum absolute atomic E-state index is 12.6. The fourth-order valence-corrected chi connectivity index (χ4v) is 3.24. The Kier molecular flexibility index (Phi) is 4.85. The Morgan fingerprint density at radius 2 is 1.89 bits per heavy atom. The summed E-state index contributed by atoms with van der Waals surface area (Å²) in [6.07, 6.45) is 3.35. The van der Waals surface area contributed by atoms with Crippen LogP contribution in [-0.2, 0) is 4.79 Å². The van der Waals surface area contributed by atoms with E-state index >= 15 is 0 Å². The molecule has 2 fully saturated rings. The van der Waals surface area contributed by atoms with Gasteiger partial charge in [-0.25, -0.2) is 0 Å². The molecule has 2 aliphatic rings. The highest BCUT2D eigenvalue weighted by atomic mass is 16.2. The highest BCUT2D eigenvalue weighted by Gasteiger charge is 2.38. The van der Waals surface area contributed by atoms with Gasteiger partial charge >= 0.3 is 0 Å². The molecule has 0 aromatic carbocycles. The van der Waals surface area contributed by atoms with Crippen LogP contribution in [0.15, 0.2) is 0 Å². The fraction of sp³-hybridized carbons (Fsp3) is 0.933. The summed E-state index contributed by atoms with van der Waals surface area (Å²) in [6, 6.07) is 0. The molecule has 2 rings (SSSR count). The molecule has 110 valence electrons. The molecule has 2 saturated heterocycles. The first-order valence-corrected chi connectivity index (χ1v) is 7.78. The van der Waals surface area contributed by atoms with E-state index in [9.17, 15) is 4.79 Å². The number of rotatable bonds is 3. The molecule has 2 aliphatic heterocycles. The Hall–Kier alpha value is -0.610. The highest BCUT2D eigenvalue weighted by Crippen LogP contribution is 2.22. The molecule has 1 amide bonds. The van der Waals surface area contributed by atoms with E-state index in [-0.39, 0.29) is 5.54 Å². The van der Waals surface area contributed by atoms with Crippen molar-refractivity contribution in [1.82, 2.24) is 15.1 Å². The summed E-state index contributed by atoms with van der Waals surface area (Å²) in [6.45, 7) is 12.6. The number of hydrogen-bond acceptors (Lipinski definition) is 3. The van der Waals surface area contributed by atoms with Crippen LogP contribution < -0.4 is 5.32 Å². The molecular weight excluding hydrogens is 238 g/mol. The van der Waals surface area contributed by atoms with E-state index in [1.807, 2.05) is 0 Å². The first kappa shape index (κ1) is 14.8. The van der Waals surface area contributed by atoms with Crippen LogP contribution in [0, 0.1) is 5.92 Å². The maximum atomic E-state index is 12.6. The maximum Gasteiger partial charge on any atom is 0.242 e. The lowest BCUT2D eigenvalue weighted by Gasteiger charge is -2.42. The summed E-state index contributed by atoms with van der Waals surface area (Å²) >= 11 is 0. The van der Waals surface area contributed by atoms with Crippen LogP contribution in [0.2, 0.25) is 0 Å². The minimum Gasteiger partial charge on any atom is -0.339 e. The number of piperidine rings is 1. The fourth-order valence-electron chi connectivity index (χ4n) is 3.24. The zero-order valence-electron chi connectivity index (χ0n) is 12.7. The van der Waals surface area contributed by atoms with Crippen molar-refractivity contribution in [2.24, 2.45) is 5.92 Å². The van der Waals surface area contributed by atoms with Gasteiger partial charge in [0, 0.05) is 32.7 Å². The van der Waals surface area contributed by atoms with Crippen molar-refractivity contribution in [2.75, 3.05) is 39.3 Å². The molecule has 0 aromatic rings. The van der Waals surface area contributed by atoms with Crippen LogP contribution in [0.3, 0.4) is 0 Å². The molecule has 0 radical (unpaired) electrons. The van der Waals surface area contributed by atoms with Crippen LogP contribution in [0.5, 0.6) is 0 Å². The predicted molar refractivity (Wildman–Crippen MR) is 78.1 cm³/mol. The predicted octanol–water partition coefficient (Wildman–Crippen LogP) is 1.32. The van der Waals surface area contributed by atoms with Gasteiger partial charge in [-0.3, -0.25) is 9.69 Å². The van der Waals surface area contributed by atoms with E-state index in [0.717, 1.165) is 45.7 Å². The van der Waals surface area contributed by atoms with Gasteiger partial charge in [-0.15, -0.1) is 0 Å². The SMILES string of the molecule is CC(C)CN1CCN(C(=O)C2(C)CCCCN2)CC1. The Balaban J connectivity index is 1.85. The molecule has 2 heterocycles. The molecule has 0 saturated carbocycles. The molecule has 0 aliphatic carbocycles. The van der Waals surface area contributed by atoms with E-state index in [4.69, 9.17) is 0 Å². The molecule has 19 heavy (non-hydrogen) atoms. The molecular formula is C15H29N3O. The first-order chi connectivity index (χ1) is 9.01. The Morgan fingerprint density at radius 3 is 2.42 bits per heavy atom. The second-order valence-corrected chi connectivity index (χ2v) is 6.70. The largest absolute Gasteiger partial charge is 0.339 e. The summed E-state index contributed by atoms with van der Waals surface area (Å²) in [5, 5.41) is 3.43. The topological polar surface area (TPSA) is 35.6 Å². The summed E-state index contributed by atoms with van der Waals surface area (Å²) < 4.78 is 0. The molecule has 0 aromatic heterocycles. The third-order valence-corrected chi connectivity index (χ3v) is 4.37. The van der Waals surface area contributed by atoms with Crippen LogP contribution >= 0.6 is 0 Å². The molecule has 4 heteroatoms. The van der Waals surface area contributed by atoms with Crippen molar-refractivity contribution in [3.05, 3.63) is 0 Å². The number of nitrogens with one attached hydrogen (secondary N) is 1. The summed E-state index contributed by atoms with van der Waals surface area (Å²) in [5.41, 5.74) is -0.307. The summed E-state index contributed by atoms with van der Waals surface area (Å²) in [4.78, 5) is 17.2. The van der Waals surface area contributed by atoms with E-state index in [1.54, 1.807) is 0 Å². The summed E-state index contributed by atoms with van der Waals surface area (Å²) in [7, 11) is 0. The Bertz CT molecular complexity index is 303. The quantitative estimate of drug-likeness (QED) is 0.838. The van der Waals surface area contributed by atoms with Crippen molar-refractivity contribution in [3.8, 4) is 0 Å². The number of piperazine rings is 1. The average molecular weight is 267 g/mol. The number of nitrogens with zero attached hydrogens (tertiary/aromatic N) is 2. The van der Waals surface area contributed by atoms with Crippen molar-refractivity contribution in [3.63, 3.8) is 0 Å². The monoisotopic (exact) mass is 267 g/mol. The lowest BCUT2D eigenvalue weighted by atomic mass is 9.89. The van der Waals surface area contributed by atoms with Gasteiger partial charge < -0.3 is 10.2 Å². The van der Waals surface area contributed by atoms with Crippen LogP contribution in [0.1, 0.15) is 40.0 Å². The molecule has 1 N–H and O–H groups in total. The first-order valence-electron chi connectivity index (χ1n) is 7.78. The Morgan fingerprint density at radius 1 is 1.21 bits per heavy atom. The Labute approximate surface area is 117 Å². The van der Waals surface area contributed by atoms with Gasteiger partial charge in [0.2, 0.25) is 5.91 Å². The molecule has 0 bridgehead atoms. The average Bonchev–Trinajstić information content (AvgIpc) is 2.39. The zero-order chi connectivity index (χ0) is 13.9. The van der Waals surface area contributed by atoms with Gasteiger partial charge in [0.05, 0.1) is 5.54 Å². The van der Waals surface area contributed by atoms with Crippen molar-refractivity contribution in [2.45, 2.75) is 45.6 Å². The van der Waals surface area contributed by atoms with Crippen LogP contribution in [0.4, 0.5) is 0 Å². The van der Waals surface area contributed by atoms with Crippen LogP contribution in [0.25, 0.3) is 0 Å². The third kappa shape index (κ3) is 3.69. The number of hydrogen-bond donors (Lipinski definition) is 1. The third-order valence-electron chi connectivity index (χ3n) is 4.37. The smallest absolute Gasteiger partial charge is 0.242 e. The molecule has 0 spiro atoms. The van der Waals surface area contributed by atoms with Gasteiger partial charge in [0.25, 0.3) is 0 Å².